The maximum Gasteiger partial charge on any atom is 0.340 e. The zero-order valence-electron chi connectivity index (χ0n) is 9.44. The first-order valence-electron chi connectivity index (χ1n) is 4.99. The Labute approximate surface area is 97.7 Å². The van der Waals surface area contributed by atoms with Gasteiger partial charge in [0.05, 0.1) is 24.5 Å². The van der Waals surface area contributed by atoms with Crippen LogP contribution in [0.1, 0.15) is 12.7 Å². The number of hydrogen-bond donors (Lipinski definition) is 1. The number of methoxy groups -OCH3 is 1. The van der Waals surface area contributed by atoms with Gasteiger partial charge in [0.25, 0.3) is 5.91 Å². The SMILES string of the molecule is COC(=O)C1=C(C)NC(=O)/C1=C\c1ccco1. The number of hydrogen-bond acceptors (Lipinski definition) is 4. The minimum Gasteiger partial charge on any atom is -0.465 e. The molecule has 2 rings (SSSR count). The second-order valence-corrected chi connectivity index (χ2v) is 3.52. The Morgan fingerprint density at radius 1 is 1.53 bits per heavy atom. The molecule has 5 nitrogen and oxygen atoms in total. The monoisotopic (exact) mass is 233 g/mol. The van der Waals surface area contributed by atoms with Gasteiger partial charge in [-0.1, -0.05) is 0 Å². The molecule has 1 aliphatic heterocycles. The van der Waals surface area contributed by atoms with Crippen LogP contribution in [-0.4, -0.2) is 19.0 Å². The van der Waals surface area contributed by atoms with Gasteiger partial charge < -0.3 is 14.5 Å². The first-order chi connectivity index (χ1) is 8.13. The summed E-state index contributed by atoms with van der Waals surface area (Å²) in [4.78, 5) is 23.2. The van der Waals surface area contributed by atoms with E-state index in [9.17, 15) is 9.59 Å². The van der Waals surface area contributed by atoms with Crippen LogP contribution in [0.3, 0.4) is 0 Å². The van der Waals surface area contributed by atoms with E-state index in [4.69, 9.17) is 4.42 Å². The van der Waals surface area contributed by atoms with Crippen LogP contribution >= 0.6 is 0 Å². The first kappa shape index (κ1) is 11.2. The Morgan fingerprint density at radius 2 is 2.29 bits per heavy atom. The molecular weight excluding hydrogens is 222 g/mol. The zero-order valence-corrected chi connectivity index (χ0v) is 9.44. The van der Waals surface area contributed by atoms with Crippen molar-refractivity contribution in [1.82, 2.24) is 5.32 Å². The first-order valence-corrected chi connectivity index (χ1v) is 4.99. The van der Waals surface area contributed by atoms with Crippen molar-refractivity contribution < 1.29 is 18.7 Å². The van der Waals surface area contributed by atoms with Gasteiger partial charge in [-0.05, 0) is 25.1 Å². The van der Waals surface area contributed by atoms with Crippen molar-refractivity contribution in [2.45, 2.75) is 6.92 Å². The quantitative estimate of drug-likeness (QED) is 0.616. The van der Waals surface area contributed by atoms with Crippen LogP contribution in [0.15, 0.2) is 39.7 Å². The van der Waals surface area contributed by atoms with Crippen molar-refractivity contribution in [3.05, 3.63) is 41.0 Å². The number of esters is 1. The number of allylic oxidation sites excluding steroid dienone is 1. The van der Waals surface area contributed by atoms with Gasteiger partial charge in [0.15, 0.2) is 0 Å². The molecule has 0 saturated heterocycles. The summed E-state index contributed by atoms with van der Waals surface area (Å²) in [7, 11) is 1.27. The molecule has 5 heteroatoms. The molecule has 2 heterocycles. The molecule has 0 radical (unpaired) electrons. The van der Waals surface area contributed by atoms with Crippen LogP contribution in [-0.2, 0) is 14.3 Å². The number of amides is 1. The maximum atomic E-state index is 11.7. The average molecular weight is 233 g/mol. The molecule has 0 aliphatic carbocycles. The molecule has 0 unspecified atom stereocenters. The molecule has 1 aliphatic rings. The molecule has 0 atom stereocenters. The molecule has 0 bridgehead atoms. The van der Waals surface area contributed by atoms with Crippen molar-refractivity contribution in [3.63, 3.8) is 0 Å². The summed E-state index contributed by atoms with van der Waals surface area (Å²) < 4.78 is 9.75. The Kier molecular flexibility index (Phi) is 2.82. The largest absolute Gasteiger partial charge is 0.465 e. The van der Waals surface area contributed by atoms with Gasteiger partial charge >= 0.3 is 5.97 Å². The summed E-state index contributed by atoms with van der Waals surface area (Å²) in [6.07, 6.45) is 3.01. The normalized spacial score (nSPS) is 17.5. The van der Waals surface area contributed by atoms with E-state index in [-0.39, 0.29) is 17.1 Å². The highest BCUT2D eigenvalue weighted by Gasteiger charge is 2.30. The van der Waals surface area contributed by atoms with E-state index in [1.807, 2.05) is 0 Å². The summed E-state index contributed by atoms with van der Waals surface area (Å²) in [5.74, 6) is -0.371. The van der Waals surface area contributed by atoms with Crippen molar-refractivity contribution >= 4 is 18.0 Å². The highest BCUT2D eigenvalue weighted by atomic mass is 16.5. The fourth-order valence-corrected chi connectivity index (χ4v) is 1.63. The Hall–Kier alpha value is -2.30. The molecule has 1 N–H and O–H groups in total. The number of rotatable bonds is 2. The lowest BCUT2D eigenvalue weighted by atomic mass is 10.1. The van der Waals surface area contributed by atoms with Crippen molar-refractivity contribution in [1.29, 1.82) is 0 Å². The zero-order chi connectivity index (χ0) is 12.4. The molecule has 1 amide bonds. The Bertz CT molecular complexity index is 523. The Morgan fingerprint density at radius 3 is 2.88 bits per heavy atom. The highest BCUT2D eigenvalue weighted by molar-refractivity contribution is 6.16. The van der Waals surface area contributed by atoms with E-state index in [0.29, 0.717) is 11.5 Å². The van der Waals surface area contributed by atoms with Gasteiger partial charge in [-0.15, -0.1) is 0 Å². The van der Waals surface area contributed by atoms with Crippen molar-refractivity contribution in [2.75, 3.05) is 7.11 Å². The molecular formula is C12H11NO4. The van der Waals surface area contributed by atoms with E-state index in [1.165, 1.54) is 19.4 Å². The van der Waals surface area contributed by atoms with Gasteiger partial charge in [-0.25, -0.2) is 4.79 Å². The number of ether oxygens (including phenoxy) is 1. The molecule has 0 aromatic carbocycles. The van der Waals surface area contributed by atoms with E-state index < -0.39 is 5.97 Å². The number of furan rings is 1. The summed E-state index contributed by atoms with van der Waals surface area (Å²) >= 11 is 0. The smallest absolute Gasteiger partial charge is 0.340 e. The van der Waals surface area contributed by atoms with Crippen molar-refractivity contribution in [3.8, 4) is 0 Å². The molecule has 0 fully saturated rings. The van der Waals surface area contributed by atoms with Gasteiger partial charge in [-0.2, -0.15) is 0 Å². The summed E-state index contributed by atoms with van der Waals surface area (Å²) in [5, 5.41) is 2.57. The van der Waals surface area contributed by atoms with E-state index in [0.717, 1.165) is 0 Å². The second-order valence-electron chi connectivity index (χ2n) is 3.52. The van der Waals surface area contributed by atoms with Crippen LogP contribution < -0.4 is 5.32 Å². The van der Waals surface area contributed by atoms with Gasteiger partial charge in [0.1, 0.15) is 5.76 Å². The standard InChI is InChI=1S/C12H11NO4/c1-7-10(12(15)16-2)9(11(14)13-7)6-8-4-3-5-17-8/h3-6H,1-2H3,(H,13,14)/b9-6-. The number of nitrogens with one attached hydrogen (secondary N) is 1. The summed E-state index contributed by atoms with van der Waals surface area (Å²) in [6, 6.07) is 3.40. The Balaban J connectivity index is 2.45. The third kappa shape index (κ3) is 1.99. The predicted molar refractivity (Wildman–Crippen MR) is 59.5 cm³/mol. The van der Waals surface area contributed by atoms with E-state index in [2.05, 4.69) is 10.1 Å². The average Bonchev–Trinajstić information content (AvgIpc) is 2.88. The van der Waals surface area contributed by atoms with Crippen LogP contribution in [0, 0.1) is 0 Å². The summed E-state index contributed by atoms with van der Waals surface area (Å²) in [6.45, 7) is 1.65. The number of carbonyl (C=O) groups is 2. The number of carbonyl (C=O) groups excluding carboxylic acids is 2. The summed E-state index contributed by atoms with van der Waals surface area (Å²) in [5.41, 5.74) is 0.984. The topological polar surface area (TPSA) is 68.5 Å². The van der Waals surface area contributed by atoms with Gasteiger partial charge in [-0.3, -0.25) is 4.79 Å². The minimum atomic E-state index is -0.543. The highest BCUT2D eigenvalue weighted by Crippen LogP contribution is 2.24. The van der Waals surface area contributed by atoms with E-state index >= 15 is 0 Å². The third-order valence-corrected chi connectivity index (χ3v) is 2.41. The van der Waals surface area contributed by atoms with Gasteiger partial charge in [0.2, 0.25) is 0 Å². The third-order valence-electron chi connectivity index (χ3n) is 2.41. The van der Waals surface area contributed by atoms with Crippen LogP contribution in [0.4, 0.5) is 0 Å². The lowest BCUT2D eigenvalue weighted by molar-refractivity contribution is -0.136. The fourth-order valence-electron chi connectivity index (χ4n) is 1.63. The molecule has 1 aromatic heterocycles. The lowest BCUT2D eigenvalue weighted by Gasteiger charge is -2.00. The second kappa shape index (κ2) is 4.29. The lowest BCUT2D eigenvalue weighted by Crippen LogP contribution is -2.15. The van der Waals surface area contributed by atoms with Crippen LogP contribution in [0.2, 0.25) is 0 Å². The van der Waals surface area contributed by atoms with Crippen LogP contribution in [0.25, 0.3) is 6.08 Å². The molecule has 1 aromatic rings. The maximum absolute atomic E-state index is 11.7. The van der Waals surface area contributed by atoms with Gasteiger partial charge in [0, 0.05) is 5.70 Å². The van der Waals surface area contributed by atoms with Crippen LogP contribution in [0.5, 0.6) is 0 Å². The molecule has 17 heavy (non-hydrogen) atoms. The fraction of sp³-hybridized carbons (Fsp3) is 0.167. The minimum absolute atomic E-state index is 0.244. The predicted octanol–water partition coefficient (Wildman–Crippen LogP) is 1.24. The van der Waals surface area contributed by atoms with Crippen molar-refractivity contribution in [2.24, 2.45) is 0 Å². The molecule has 0 spiro atoms. The molecule has 0 saturated carbocycles. The van der Waals surface area contributed by atoms with E-state index in [1.54, 1.807) is 19.1 Å². The molecule has 88 valence electrons.